The van der Waals surface area contributed by atoms with Gasteiger partial charge in [-0.25, -0.2) is 0 Å². The van der Waals surface area contributed by atoms with Crippen LogP contribution in [0.3, 0.4) is 0 Å². The third-order valence-electron chi connectivity index (χ3n) is 4.97. The van der Waals surface area contributed by atoms with Crippen molar-refractivity contribution in [2.24, 2.45) is 0 Å². The van der Waals surface area contributed by atoms with Crippen LogP contribution in [0.1, 0.15) is 17.0 Å². The van der Waals surface area contributed by atoms with Gasteiger partial charge in [0.2, 0.25) is 0 Å². The SMILES string of the molecule is O[C@]1(c2ccccc2)[C@H](c2ccccc2)[C@H]1N1CCOCC1. The highest BCUT2D eigenvalue weighted by molar-refractivity contribution is 5.45. The van der Waals surface area contributed by atoms with Gasteiger partial charge in [0.1, 0.15) is 5.60 Å². The fraction of sp³-hybridized carbons (Fsp3) is 0.368. The average molecular weight is 295 g/mol. The molecule has 1 heterocycles. The summed E-state index contributed by atoms with van der Waals surface area (Å²) in [5, 5.41) is 11.4. The van der Waals surface area contributed by atoms with E-state index in [1.807, 2.05) is 36.4 Å². The molecule has 0 bridgehead atoms. The summed E-state index contributed by atoms with van der Waals surface area (Å²) in [6.45, 7) is 3.29. The van der Waals surface area contributed by atoms with E-state index in [0.717, 1.165) is 31.9 Å². The first-order valence-electron chi connectivity index (χ1n) is 7.96. The Morgan fingerprint density at radius 1 is 0.909 bits per heavy atom. The van der Waals surface area contributed by atoms with Crippen LogP contribution >= 0.6 is 0 Å². The summed E-state index contributed by atoms with van der Waals surface area (Å²) in [4.78, 5) is 2.38. The summed E-state index contributed by atoms with van der Waals surface area (Å²) in [6.07, 6.45) is 0. The van der Waals surface area contributed by atoms with Gasteiger partial charge in [0, 0.05) is 19.0 Å². The van der Waals surface area contributed by atoms with Gasteiger partial charge in [-0.2, -0.15) is 0 Å². The van der Waals surface area contributed by atoms with E-state index in [1.165, 1.54) is 5.56 Å². The smallest absolute Gasteiger partial charge is 0.114 e. The minimum atomic E-state index is -0.792. The van der Waals surface area contributed by atoms with Crippen molar-refractivity contribution < 1.29 is 9.84 Å². The molecule has 4 rings (SSSR count). The Morgan fingerprint density at radius 3 is 2.14 bits per heavy atom. The molecule has 1 N–H and O–H groups in total. The molecule has 2 aliphatic rings. The van der Waals surface area contributed by atoms with Crippen LogP contribution in [-0.2, 0) is 10.3 Å². The minimum Gasteiger partial charge on any atom is -0.383 e. The number of rotatable bonds is 3. The molecular weight excluding hydrogens is 274 g/mol. The maximum Gasteiger partial charge on any atom is 0.114 e. The molecule has 22 heavy (non-hydrogen) atoms. The summed E-state index contributed by atoms with van der Waals surface area (Å²) in [7, 11) is 0. The number of aliphatic hydroxyl groups is 1. The molecule has 0 aromatic heterocycles. The zero-order valence-corrected chi connectivity index (χ0v) is 12.6. The summed E-state index contributed by atoms with van der Waals surface area (Å²) in [5.74, 6) is 0.134. The molecule has 2 aromatic rings. The van der Waals surface area contributed by atoms with Crippen LogP contribution in [0.2, 0.25) is 0 Å². The average Bonchev–Trinajstić information content (AvgIpc) is 3.24. The topological polar surface area (TPSA) is 32.7 Å². The summed E-state index contributed by atoms with van der Waals surface area (Å²) < 4.78 is 5.47. The van der Waals surface area contributed by atoms with E-state index in [4.69, 9.17) is 4.74 Å². The highest BCUT2D eigenvalue weighted by Gasteiger charge is 2.67. The van der Waals surface area contributed by atoms with E-state index in [9.17, 15) is 5.11 Å². The lowest BCUT2D eigenvalue weighted by molar-refractivity contribution is 0.0127. The quantitative estimate of drug-likeness (QED) is 0.943. The number of ether oxygens (including phenoxy) is 1. The van der Waals surface area contributed by atoms with Gasteiger partial charge in [-0.3, -0.25) is 4.90 Å². The second kappa shape index (κ2) is 5.51. The molecule has 2 aromatic carbocycles. The van der Waals surface area contributed by atoms with Gasteiger partial charge in [-0.1, -0.05) is 60.7 Å². The monoisotopic (exact) mass is 295 g/mol. The number of morpholine rings is 1. The van der Waals surface area contributed by atoms with Crippen molar-refractivity contribution in [3.63, 3.8) is 0 Å². The van der Waals surface area contributed by atoms with Crippen molar-refractivity contribution >= 4 is 0 Å². The van der Waals surface area contributed by atoms with Gasteiger partial charge in [0.05, 0.1) is 19.3 Å². The third kappa shape index (κ3) is 2.17. The zero-order chi connectivity index (χ0) is 15.0. The van der Waals surface area contributed by atoms with Gasteiger partial charge in [-0.15, -0.1) is 0 Å². The first-order valence-corrected chi connectivity index (χ1v) is 7.96. The Morgan fingerprint density at radius 2 is 1.50 bits per heavy atom. The predicted molar refractivity (Wildman–Crippen MR) is 85.7 cm³/mol. The predicted octanol–water partition coefficient (Wildman–Crippen LogP) is 2.37. The van der Waals surface area contributed by atoms with E-state index < -0.39 is 5.60 Å². The number of nitrogens with zero attached hydrogens (tertiary/aromatic N) is 1. The second-order valence-corrected chi connectivity index (χ2v) is 6.17. The maximum absolute atomic E-state index is 11.4. The molecular formula is C19H21NO2. The van der Waals surface area contributed by atoms with Crippen molar-refractivity contribution in [3.8, 4) is 0 Å². The van der Waals surface area contributed by atoms with E-state index in [0.29, 0.717) is 0 Å². The van der Waals surface area contributed by atoms with E-state index in [2.05, 4.69) is 29.2 Å². The van der Waals surface area contributed by atoms with Crippen molar-refractivity contribution in [1.29, 1.82) is 0 Å². The first kappa shape index (κ1) is 13.9. The molecule has 1 aliphatic heterocycles. The Bertz CT molecular complexity index is 624. The Hall–Kier alpha value is -1.68. The van der Waals surface area contributed by atoms with Crippen LogP contribution in [0.15, 0.2) is 60.7 Å². The van der Waals surface area contributed by atoms with Crippen LogP contribution < -0.4 is 0 Å². The summed E-state index contributed by atoms with van der Waals surface area (Å²) >= 11 is 0. The summed E-state index contributed by atoms with van der Waals surface area (Å²) in [5.41, 5.74) is 1.44. The van der Waals surface area contributed by atoms with Crippen LogP contribution in [-0.4, -0.2) is 42.4 Å². The molecule has 114 valence electrons. The number of hydrogen-bond acceptors (Lipinski definition) is 3. The standard InChI is InChI=1S/C19H21NO2/c21-19(16-9-5-2-6-10-16)17(15-7-3-1-4-8-15)18(19)20-11-13-22-14-12-20/h1-10,17-18,21H,11-14H2/t17-,18-,19-/m1/s1. The Kier molecular flexibility index (Phi) is 3.49. The molecule has 2 fully saturated rings. The molecule has 3 heteroatoms. The van der Waals surface area contributed by atoms with Crippen LogP contribution in [0.5, 0.6) is 0 Å². The zero-order valence-electron chi connectivity index (χ0n) is 12.6. The molecule has 0 spiro atoms. The molecule has 1 saturated carbocycles. The fourth-order valence-electron chi connectivity index (χ4n) is 3.85. The summed E-state index contributed by atoms with van der Waals surface area (Å²) in [6, 6.07) is 20.6. The van der Waals surface area contributed by atoms with Crippen molar-refractivity contribution in [2.45, 2.75) is 17.6 Å². The molecule has 1 saturated heterocycles. The Balaban J connectivity index is 1.71. The van der Waals surface area contributed by atoms with E-state index in [-0.39, 0.29) is 12.0 Å². The number of benzene rings is 2. The van der Waals surface area contributed by atoms with Gasteiger partial charge in [0.15, 0.2) is 0 Å². The van der Waals surface area contributed by atoms with Gasteiger partial charge in [0.25, 0.3) is 0 Å². The normalized spacial score (nSPS) is 31.9. The highest BCUT2D eigenvalue weighted by Crippen LogP contribution is 2.61. The number of hydrogen-bond donors (Lipinski definition) is 1. The highest BCUT2D eigenvalue weighted by atomic mass is 16.5. The fourth-order valence-corrected chi connectivity index (χ4v) is 3.85. The third-order valence-corrected chi connectivity index (χ3v) is 4.97. The molecule has 1 aliphatic carbocycles. The van der Waals surface area contributed by atoms with Crippen LogP contribution in [0.4, 0.5) is 0 Å². The van der Waals surface area contributed by atoms with Crippen LogP contribution in [0, 0.1) is 0 Å². The van der Waals surface area contributed by atoms with Gasteiger partial charge < -0.3 is 9.84 Å². The lowest BCUT2D eigenvalue weighted by Crippen LogP contribution is -2.40. The van der Waals surface area contributed by atoms with Gasteiger partial charge in [-0.05, 0) is 11.1 Å². The minimum absolute atomic E-state index is 0.134. The van der Waals surface area contributed by atoms with E-state index in [1.54, 1.807) is 0 Å². The Labute approximate surface area is 131 Å². The molecule has 3 nitrogen and oxygen atoms in total. The lowest BCUT2D eigenvalue weighted by Gasteiger charge is -2.28. The van der Waals surface area contributed by atoms with Crippen molar-refractivity contribution in [3.05, 3.63) is 71.8 Å². The van der Waals surface area contributed by atoms with Gasteiger partial charge >= 0.3 is 0 Å². The van der Waals surface area contributed by atoms with E-state index >= 15 is 0 Å². The molecule has 3 atom stereocenters. The van der Waals surface area contributed by atoms with Crippen LogP contribution in [0.25, 0.3) is 0 Å². The molecule has 0 amide bonds. The molecule has 0 unspecified atom stereocenters. The second-order valence-electron chi connectivity index (χ2n) is 6.17. The largest absolute Gasteiger partial charge is 0.383 e. The lowest BCUT2D eigenvalue weighted by atomic mass is 10.0. The maximum atomic E-state index is 11.4. The first-order chi connectivity index (χ1) is 10.8. The molecule has 0 radical (unpaired) electrons. The van der Waals surface area contributed by atoms with Crippen molar-refractivity contribution in [1.82, 2.24) is 4.90 Å². The van der Waals surface area contributed by atoms with Crippen molar-refractivity contribution in [2.75, 3.05) is 26.3 Å².